The van der Waals surface area contributed by atoms with E-state index in [0.29, 0.717) is 23.6 Å². The SMILES string of the molecule is CCOC(=O)COc1ccc2c(c1)CCN(Cc1cc(-c3ccc(C(F)(F)F)cc3)ns1)CC2. The van der Waals surface area contributed by atoms with Gasteiger partial charge in [0.2, 0.25) is 0 Å². The second-order valence-corrected chi connectivity index (χ2v) is 8.94. The molecule has 5 nitrogen and oxygen atoms in total. The standard InChI is InChI=1S/C25H25F3N2O3S/c1-2-32-24(31)16-33-21-8-5-17-9-11-30(12-10-19(17)13-21)15-22-14-23(29-34-22)18-3-6-20(7-4-18)25(26,27)28/h3-8,13-14H,2,9-12,15-16H2,1H3. The van der Waals surface area contributed by atoms with E-state index in [9.17, 15) is 18.0 Å². The van der Waals surface area contributed by atoms with Crippen molar-refractivity contribution in [1.29, 1.82) is 0 Å². The van der Waals surface area contributed by atoms with Crippen LogP contribution in [0.25, 0.3) is 11.3 Å². The highest BCUT2D eigenvalue weighted by Gasteiger charge is 2.30. The van der Waals surface area contributed by atoms with Crippen molar-refractivity contribution in [2.45, 2.75) is 32.5 Å². The summed E-state index contributed by atoms with van der Waals surface area (Å²) < 4.78 is 53.3. The molecule has 0 atom stereocenters. The molecule has 9 heteroatoms. The van der Waals surface area contributed by atoms with Gasteiger partial charge in [-0.25, -0.2) is 4.79 Å². The van der Waals surface area contributed by atoms with Gasteiger partial charge in [-0.3, -0.25) is 4.90 Å². The molecule has 1 aliphatic rings. The minimum atomic E-state index is -4.34. The summed E-state index contributed by atoms with van der Waals surface area (Å²) in [7, 11) is 0. The third kappa shape index (κ3) is 6.15. The fraction of sp³-hybridized carbons (Fsp3) is 0.360. The first-order valence-electron chi connectivity index (χ1n) is 11.1. The zero-order chi connectivity index (χ0) is 24.1. The fourth-order valence-corrected chi connectivity index (χ4v) is 4.69. The molecule has 0 amide bonds. The van der Waals surface area contributed by atoms with E-state index in [1.807, 2.05) is 18.2 Å². The van der Waals surface area contributed by atoms with Crippen molar-refractivity contribution in [1.82, 2.24) is 9.27 Å². The summed E-state index contributed by atoms with van der Waals surface area (Å²) in [5.41, 5.74) is 3.17. The fourth-order valence-electron chi connectivity index (χ4n) is 3.91. The molecule has 0 aliphatic carbocycles. The molecule has 180 valence electrons. The quantitative estimate of drug-likeness (QED) is 0.417. The number of hydrogen-bond donors (Lipinski definition) is 0. The van der Waals surface area contributed by atoms with Crippen LogP contribution in [0.1, 0.15) is 28.5 Å². The van der Waals surface area contributed by atoms with Crippen LogP contribution in [0.3, 0.4) is 0 Å². The van der Waals surface area contributed by atoms with E-state index in [1.54, 1.807) is 6.92 Å². The molecule has 1 aliphatic heterocycles. The Morgan fingerprint density at radius 1 is 1.06 bits per heavy atom. The Labute approximate surface area is 200 Å². The number of nitrogens with zero attached hydrogens (tertiary/aromatic N) is 2. The first-order chi connectivity index (χ1) is 16.3. The maximum atomic E-state index is 12.8. The predicted octanol–water partition coefficient (Wildman–Crippen LogP) is 5.37. The number of esters is 1. The topological polar surface area (TPSA) is 51.7 Å². The largest absolute Gasteiger partial charge is 0.482 e. The Hall–Kier alpha value is -2.91. The van der Waals surface area contributed by atoms with Crippen molar-refractivity contribution >= 4 is 17.5 Å². The summed E-state index contributed by atoms with van der Waals surface area (Å²) in [4.78, 5) is 14.9. The molecule has 34 heavy (non-hydrogen) atoms. The molecule has 1 aromatic heterocycles. The molecule has 0 unspecified atom stereocenters. The third-order valence-corrected chi connectivity index (χ3v) is 6.45. The number of aromatic nitrogens is 1. The second kappa shape index (κ2) is 10.6. The maximum Gasteiger partial charge on any atom is 0.416 e. The number of alkyl halides is 3. The Morgan fingerprint density at radius 2 is 1.79 bits per heavy atom. The molecule has 2 aromatic carbocycles. The molecule has 2 heterocycles. The molecule has 0 bridgehead atoms. The lowest BCUT2D eigenvalue weighted by Crippen LogP contribution is -2.25. The minimum Gasteiger partial charge on any atom is -0.482 e. The van der Waals surface area contributed by atoms with Gasteiger partial charge >= 0.3 is 12.1 Å². The number of hydrogen-bond acceptors (Lipinski definition) is 6. The van der Waals surface area contributed by atoms with Crippen LogP contribution in [-0.2, 0) is 35.1 Å². The van der Waals surface area contributed by atoms with Gasteiger partial charge in [0.25, 0.3) is 0 Å². The van der Waals surface area contributed by atoms with Crippen molar-refractivity contribution in [3.63, 3.8) is 0 Å². The smallest absolute Gasteiger partial charge is 0.416 e. The van der Waals surface area contributed by atoms with Crippen LogP contribution >= 0.6 is 11.5 Å². The summed E-state index contributed by atoms with van der Waals surface area (Å²) >= 11 is 1.38. The summed E-state index contributed by atoms with van der Waals surface area (Å²) in [5, 5.41) is 0. The molecule has 0 saturated heterocycles. The van der Waals surface area contributed by atoms with E-state index < -0.39 is 11.7 Å². The molecular formula is C25H25F3N2O3S. The highest BCUT2D eigenvalue weighted by molar-refractivity contribution is 7.06. The highest BCUT2D eigenvalue weighted by Crippen LogP contribution is 2.31. The highest BCUT2D eigenvalue weighted by atomic mass is 32.1. The summed E-state index contributed by atoms with van der Waals surface area (Å²) in [5.74, 6) is 0.271. The number of fused-ring (bicyclic) bond motifs is 1. The Kier molecular flexibility index (Phi) is 7.53. The Bertz CT molecular complexity index is 1130. The minimum absolute atomic E-state index is 0.106. The molecule has 0 N–H and O–H groups in total. The molecule has 3 aromatic rings. The van der Waals surface area contributed by atoms with E-state index in [2.05, 4.69) is 15.3 Å². The van der Waals surface area contributed by atoms with Gasteiger partial charge in [0, 0.05) is 30.1 Å². The molecule has 0 saturated carbocycles. The average molecular weight is 491 g/mol. The lowest BCUT2D eigenvalue weighted by atomic mass is 10.0. The molecule has 0 spiro atoms. The summed E-state index contributed by atoms with van der Waals surface area (Å²) in [6.07, 6.45) is -2.58. The number of benzene rings is 2. The van der Waals surface area contributed by atoms with E-state index >= 15 is 0 Å². The second-order valence-electron chi connectivity index (χ2n) is 8.05. The summed E-state index contributed by atoms with van der Waals surface area (Å²) in [6.45, 7) is 4.47. The number of rotatable bonds is 7. The zero-order valence-electron chi connectivity index (χ0n) is 18.7. The predicted molar refractivity (Wildman–Crippen MR) is 124 cm³/mol. The first kappa shape index (κ1) is 24.2. The molecule has 0 radical (unpaired) electrons. The van der Waals surface area contributed by atoms with E-state index in [1.165, 1.54) is 34.8 Å². The van der Waals surface area contributed by atoms with Gasteiger partial charge < -0.3 is 9.47 Å². The van der Waals surface area contributed by atoms with Gasteiger partial charge in [-0.05, 0) is 72.8 Å². The number of halogens is 3. The van der Waals surface area contributed by atoms with Gasteiger partial charge in [-0.2, -0.15) is 17.5 Å². The van der Waals surface area contributed by atoms with Crippen molar-refractivity contribution in [3.05, 3.63) is 70.1 Å². The number of ether oxygens (including phenoxy) is 2. The van der Waals surface area contributed by atoms with E-state index in [-0.39, 0.29) is 12.6 Å². The van der Waals surface area contributed by atoms with Gasteiger partial charge in [0.15, 0.2) is 6.61 Å². The van der Waals surface area contributed by atoms with Gasteiger partial charge in [0.05, 0.1) is 17.9 Å². The third-order valence-electron chi connectivity index (χ3n) is 5.68. The number of carbonyl (C=O) groups is 1. The number of carbonyl (C=O) groups excluding carboxylic acids is 1. The monoisotopic (exact) mass is 490 g/mol. The van der Waals surface area contributed by atoms with Crippen LogP contribution < -0.4 is 4.74 Å². The lowest BCUT2D eigenvalue weighted by Gasteiger charge is -2.18. The lowest BCUT2D eigenvalue weighted by molar-refractivity contribution is -0.145. The van der Waals surface area contributed by atoms with Crippen molar-refractivity contribution < 1.29 is 27.4 Å². The van der Waals surface area contributed by atoms with Crippen LogP contribution in [0.15, 0.2) is 48.5 Å². The van der Waals surface area contributed by atoms with Crippen LogP contribution in [0.5, 0.6) is 5.75 Å². The summed E-state index contributed by atoms with van der Waals surface area (Å²) in [6, 6.07) is 13.0. The van der Waals surface area contributed by atoms with E-state index in [0.717, 1.165) is 49.5 Å². The van der Waals surface area contributed by atoms with Gasteiger partial charge in [-0.15, -0.1) is 0 Å². The van der Waals surface area contributed by atoms with Crippen LogP contribution in [0, 0.1) is 0 Å². The van der Waals surface area contributed by atoms with E-state index in [4.69, 9.17) is 9.47 Å². The zero-order valence-corrected chi connectivity index (χ0v) is 19.5. The van der Waals surface area contributed by atoms with Crippen LogP contribution in [0.2, 0.25) is 0 Å². The van der Waals surface area contributed by atoms with Crippen molar-refractivity contribution in [3.8, 4) is 17.0 Å². The normalized spacial score (nSPS) is 14.4. The molecule has 0 fully saturated rings. The average Bonchev–Trinajstić information content (AvgIpc) is 3.19. The Morgan fingerprint density at radius 3 is 2.50 bits per heavy atom. The van der Waals surface area contributed by atoms with Crippen molar-refractivity contribution in [2.75, 3.05) is 26.3 Å². The van der Waals surface area contributed by atoms with Crippen molar-refractivity contribution in [2.24, 2.45) is 0 Å². The molecule has 4 rings (SSSR count). The van der Waals surface area contributed by atoms with Gasteiger partial charge in [-0.1, -0.05) is 18.2 Å². The van der Waals surface area contributed by atoms with Crippen LogP contribution in [0.4, 0.5) is 13.2 Å². The maximum absolute atomic E-state index is 12.8. The molecular weight excluding hydrogens is 465 g/mol. The Balaban J connectivity index is 1.35. The van der Waals surface area contributed by atoms with Gasteiger partial charge in [0.1, 0.15) is 5.75 Å². The van der Waals surface area contributed by atoms with Crippen LogP contribution in [-0.4, -0.2) is 41.5 Å². The first-order valence-corrected chi connectivity index (χ1v) is 11.8.